The summed E-state index contributed by atoms with van der Waals surface area (Å²) in [7, 11) is -4.07. The summed E-state index contributed by atoms with van der Waals surface area (Å²) in [6, 6.07) is 12.7. The number of sulfonamides is 1. The summed E-state index contributed by atoms with van der Waals surface area (Å²) in [6.45, 7) is 0. The fraction of sp³-hybridized carbons (Fsp3) is 0. The lowest BCUT2D eigenvalue weighted by Gasteiger charge is -2.13. The quantitative estimate of drug-likeness (QED) is 0.680. The van der Waals surface area contributed by atoms with E-state index in [1.54, 1.807) is 24.3 Å². The second-order valence-electron chi connectivity index (χ2n) is 5.22. The van der Waals surface area contributed by atoms with Gasteiger partial charge in [-0.2, -0.15) is 0 Å². The molecule has 128 valence electrons. The second kappa shape index (κ2) is 6.27. The molecule has 0 amide bonds. The molecule has 6 nitrogen and oxygen atoms in total. The maximum absolute atomic E-state index is 12.6. The summed E-state index contributed by atoms with van der Waals surface area (Å²) >= 11 is 5.96. The Morgan fingerprint density at radius 2 is 1.72 bits per heavy atom. The lowest BCUT2D eigenvalue weighted by Crippen LogP contribution is -2.23. The summed E-state index contributed by atoms with van der Waals surface area (Å²) in [6.07, 6.45) is 0. The molecule has 3 aromatic rings. The van der Waals surface area contributed by atoms with Gasteiger partial charge in [-0.1, -0.05) is 48.0 Å². The average molecular weight is 377 g/mol. The molecule has 0 fully saturated rings. The summed E-state index contributed by atoms with van der Waals surface area (Å²) in [5.41, 5.74) is -0.0891. The number of nitrogens with one attached hydrogen (secondary N) is 1. The molecule has 0 saturated heterocycles. The lowest BCUT2D eigenvalue weighted by molar-refractivity contribution is -0.255. The van der Waals surface area contributed by atoms with Gasteiger partial charge in [-0.25, -0.2) is 8.42 Å². The zero-order chi connectivity index (χ0) is 18.2. The van der Waals surface area contributed by atoms with E-state index in [0.29, 0.717) is 10.8 Å². The molecule has 2 N–H and O–H groups in total. The largest absolute Gasteiger partial charge is 0.545 e. The highest BCUT2D eigenvalue weighted by atomic mass is 35.5. The second-order valence-corrected chi connectivity index (χ2v) is 7.31. The smallest absolute Gasteiger partial charge is 0.261 e. The SMILES string of the molecule is O=C([O-])c1cccc(S(=O)(=O)Nc2cc(Cl)c(O)c3ccccc23)c1. The van der Waals surface area contributed by atoms with Crippen LogP contribution in [-0.2, 0) is 10.0 Å². The van der Waals surface area contributed by atoms with Gasteiger partial charge in [-0.15, -0.1) is 0 Å². The Bertz CT molecular complexity index is 1100. The Hall–Kier alpha value is -2.77. The number of phenols is 1. The molecule has 3 aromatic carbocycles. The van der Waals surface area contributed by atoms with Crippen molar-refractivity contribution >= 4 is 44.1 Å². The van der Waals surface area contributed by atoms with E-state index in [-0.39, 0.29) is 26.9 Å². The topological polar surface area (TPSA) is 107 Å². The van der Waals surface area contributed by atoms with Gasteiger partial charge in [0.15, 0.2) is 0 Å². The molecule has 0 radical (unpaired) electrons. The zero-order valence-corrected chi connectivity index (χ0v) is 14.1. The lowest BCUT2D eigenvalue weighted by atomic mass is 10.1. The van der Waals surface area contributed by atoms with E-state index < -0.39 is 16.0 Å². The molecule has 0 aromatic heterocycles. The predicted octanol–water partition coefficient (Wildman–Crippen LogP) is 2.36. The number of hydrogen-bond acceptors (Lipinski definition) is 5. The Morgan fingerprint density at radius 1 is 1.04 bits per heavy atom. The molecule has 0 spiro atoms. The third kappa shape index (κ3) is 3.24. The Morgan fingerprint density at radius 3 is 2.40 bits per heavy atom. The van der Waals surface area contributed by atoms with Crippen LogP contribution in [0.15, 0.2) is 59.5 Å². The first-order valence-electron chi connectivity index (χ1n) is 7.04. The number of fused-ring (bicyclic) bond motifs is 1. The van der Waals surface area contributed by atoms with Crippen molar-refractivity contribution < 1.29 is 23.4 Å². The molecule has 0 atom stereocenters. The van der Waals surface area contributed by atoms with Crippen molar-refractivity contribution in [3.63, 3.8) is 0 Å². The number of aromatic hydroxyl groups is 1. The number of hydrogen-bond donors (Lipinski definition) is 2. The van der Waals surface area contributed by atoms with Crippen LogP contribution in [0.2, 0.25) is 5.02 Å². The van der Waals surface area contributed by atoms with Gasteiger partial charge in [-0.05, 0) is 23.8 Å². The third-order valence-corrected chi connectivity index (χ3v) is 5.25. The number of phenolic OH excluding ortho intramolecular Hbond substituents is 1. The summed E-state index contributed by atoms with van der Waals surface area (Å²) in [5, 5.41) is 21.8. The standard InChI is InChI=1S/C17H12ClNO5S/c18-14-9-15(12-6-1-2-7-13(12)16(14)20)19-25(23,24)11-5-3-4-10(8-11)17(21)22/h1-9,19-20H,(H,21,22)/p-1. The Balaban J connectivity index is 2.11. The predicted molar refractivity (Wildman–Crippen MR) is 92.2 cm³/mol. The van der Waals surface area contributed by atoms with Crippen molar-refractivity contribution in [2.45, 2.75) is 4.90 Å². The first kappa shape index (κ1) is 17.1. The van der Waals surface area contributed by atoms with E-state index >= 15 is 0 Å². The number of carboxylic acid groups (broad SMARTS) is 1. The van der Waals surface area contributed by atoms with Gasteiger partial charge in [0.05, 0.1) is 21.6 Å². The molecule has 0 heterocycles. The number of aromatic carboxylic acids is 1. The van der Waals surface area contributed by atoms with E-state index in [0.717, 1.165) is 6.07 Å². The van der Waals surface area contributed by atoms with Crippen LogP contribution >= 0.6 is 11.6 Å². The van der Waals surface area contributed by atoms with Crippen LogP contribution in [0.3, 0.4) is 0 Å². The molecular weight excluding hydrogens is 366 g/mol. The van der Waals surface area contributed by atoms with Gasteiger partial charge in [0.2, 0.25) is 0 Å². The number of carbonyl (C=O) groups excluding carboxylic acids is 1. The number of benzene rings is 3. The number of carbonyl (C=O) groups is 1. The van der Waals surface area contributed by atoms with Crippen molar-refractivity contribution in [1.29, 1.82) is 0 Å². The zero-order valence-electron chi connectivity index (χ0n) is 12.6. The number of rotatable bonds is 4. The van der Waals surface area contributed by atoms with Gasteiger partial charge in [0.1, 0.15) is 5.75 Å². The van der Waals surface area contributed by atoms with Crippen LogP contribution in [0.1, 0.15) is 10.4 Å². The highest BCUT2D eigenvalue weighted by Gasteiger charge is 2.18. The Labute approximate surface area is 148 Å². The van der Waals surface area contributed by atoms with Gasteiger partial charge in [-0.3, -0.25) is 4.72 Å². The van der Waals surface area contributed by atoms with Gasteiger partial charge >= 0.3 is 0 Å². The number of anilines is 1. The first-order chi connectivity index (χ1) is 11.8. The van der Waals surface area contributed by atoms with Crippen molar-refractivity contribution in [3.05, 3.63) is 65.2 Å². The average Bonchev–Trinajstić information content (AvgIpc) is 2.59. The van der Waals surface area contributed by atoms with E-state index in [9.17, 15) is 23.4 Å². The van der Waals surface area contributed by atoms with E-state index in [2.05, 4.69) is 4.72 Å². The highest BCUT2D eigenvalue weighted by molar-refractivity contribution is 7.92. The van der Waals surface area contributed by atoms with Crippen LogP contribution in [-0.4, -0.2) is 19.5 Å². The van der Waals surface area contributed by atoms with Crippen molar-refractivity contribution in [1.82, 2.24) is 0 Å². The molecule has 0 aliphatic heterocycles. The van der Waals surface area contributed by atoms with Crippen LogP contribution in [0, 0.1) is 0 Å². The van der Waals surface area contributed by atoms with Crippen LogP contribution in [0.25, 0.3) is 10.8 Å². The van der Waals surface area contributed by atoms with Gasteiger partial charge < -0.3 is 15.0 Å². The minimum absolute atomic E-state index is 0.0140. The first-order valence-corrected chi connectivity index (χ1v) is 8.90. The molecule has 0 unspecified atom stereocenters. The van der Waals surface area contributed by atoms with E-state index in [1.165, 1.54) is 24.3 Å². The minimum atomic E-state index is -4.07. The molecule has 8 heteroatoms. The van der Waals surface area contributed by atoms with E-state index in [1.807, 2.05) is 0 Å². The van der Waals surface area contributed by atoms with E-state index in [4.69, 9.17) is 11.6 Å². The number of halogens is 1. The summed E-state index contributed by atoms with van der Waals surface area (Å²) in [5.74, 6) is -1.63. The summed E-state index contributed by atoms with van der Waals surface area (Å²) < 4.78 is 27.5. The maximum Gasteiger partial charge on any atom is 0.261 e. The summed E-state index contributed by atoms with van der Waals surface area (Å²) in [4.78, 5) is 10.7. The molecular formula is C17H11ClNO5S-. The van der Waals surface area contributed by atoms with Crippen LogP contribution in [0.4, 0.5) is 5.69 Å². The normalized spacial score (nSPS) is 11.4. The Kier molecular flexibility index (Phi) is 4.28. The van der Waals surface area contributed by atoms with Crippen LogP contribution < -0.4 is 9.83 Å². The molecule has 0 bridgehead atoms. The third-order valence-electron chi connectivity index (χ3n) is 3.59. The van der Waals surface area contributed by atoms with Crippen LogP contribution in [0.5, 0.6) is 5.75 Å². The monoisotopic (exact) mass is 376 g/mol. The molecule has 0 saturated carbocycles. The van der Waals surface area contributed by atoms with Gasteiger partial charge in [0, 0.05) is 10.8 Å². The van der Waals surface area contributed by atoms with Crippen molar-refractivity contribution in [2.75, 3.05) is 4.72 Å². The molecule has 0 aliphatic rings. The number of carboxylic acids is 1. The molecule has 0 aliphatic carbocycles. The van der Waals surface area contributed by atoms with Gasteiger partial charge in [0.25, 0.3) is 10.0 Å². The highest BCUT2D eigenvalue weighted by Crippen LogP contribution is 2.38. The van der Waals surface area contributed by atoms with Crippen molar-refractivity contribution in [3.8, 4) is 5.75 Å². The maximum atomic E-state index is 12.6. The van der Waals surface area contributed by atoms with Crippen molar-refractivity contribution in [2.24, 2.45) is 0 Å². The molecule has 25 heavy (non-hydrogen) atoms. The fourth-order valence-electron chi connectivity index (χ4n) is 2.40. The fourth-order valence-corrected chi connectivity index (χ4v) is 3.73. The molecule has 3 rings (SSSR count). The minimum Gasteiger partial charge on any atom is -0.545 e.